The fraction of sp³-hybridized carbons (Fsp3) is 0.515. The quantitative estimate of drug-likeness (QED) is 0.0158. The summed E-state index contributed by atoms with van der Waals surface area (Å²) in [4.78, 5) is 86.1. The predicted molar refractivity (Wildman–Crippen MR) is 359 cm³/mol. The molecule has 34 nitrogen and oxygen atoms in total. The van der Waals surface area contributed by atoms with E-state index in [0.29, 0.717) is 11.0 Å². The van der Waals surface area contributed by atoms with Crippen molar-refractivity contribution in [3.05, 3.63) is 109 Å². The van der Waals surface area contributed by atoms with Crippen molar-refractivity contribution < 1.29 is 104 Å². The fourth-order valence-electron chi connectivity index (χ4n) is 9.62. The van der Waals surface area contributed by atoms with Gasteiger partial charge in [0.05, 0.1) is 46.3 Å². The second kappa shape index (κ2) is 33.3. The molecule has 0 aliphatic carbocycles. The first-order chi connectivity index (χ1) is 47.8. The van der Waals surface area contributed by atoms with Crippen LogP contribution in [0.4, 0.5) is 11.6 Å². The van der Waals surface area contributed by atoms with Crippen molar-refractivity contribution in [2.75, 3.05) is 37.9 Å². The zero-order chi connectivity index (χ0) is 75.5. The van der Waals surface area contributed by atoms with Gasteiger partial charge in [-0.15, -0.1) is 0 Å². The summed E-state index contributed by atoms with van der Waals surface area (Å²) >= 11 is 0. The first-order valence-corrected chi connectivity index (χ1v) is 35.3. The standard InChI is InChI=1S/2C33H43N6O11P/c2*1-19(2)29(40)47-26-25(23-13-14-24-28(35)36-18-37-39(23)24)49-33(15-34,27(26)48-30(41)20(3)4)17-46-51(44,50-22-11-9-8-10-12-22)38-21(5)31(42)45-16-32(6,7)43/h2*8-14,18-21,25-27,43H,16-17H2,1-7H3,(H,38,44)(H2,35,36,37)/t21-,25-,26-,27-,33+,51+;21-,25-,26-,27-,33+,51-/m00/s1. The maximum absolute atomic E-state index is 14.4. The van der Waals surface area contributed by atoms with E-state index < -0.39 is 159 Å². The van der Waals surface area contributed by atoms with Crippen molar-refractivity contribution in [2.24, 2.45) is 23.7 Å². The van der Waals surface area contributed by atoms with Crippen LogP contribution < -0.4 is 30.7 Å². The number of nitrogens with two attached hydrogens (primary N) is 2. The Kier molecular flexibility index (Phi) is 26.2. The Morgan fingerprint density at radius 2 is 0.863 bits per heavy atom. The smallest absolute Gasteiger partial charge is 0.459 e. The van der Waals surface area contributed by atoms with Crippen molar-refractivity contribution in [1.29, 1.82) is 10.5 Å². The molecule has 0 radical (unpaired) electrons. The number of carbonyl (C=O) groups is 6. The first kappa shape index (κ1) is 80.1. The Bertz CT molecular complexity index is 3870. The van der Waals surface area contributed by atoms with Gasteiger partial charge in [0, 0.05) is 0 Å². The lowest BCUT2D eigenvalue weighted by molar-refractivity contribution is -0.173. The lowest BCUT2D eigenvalue weighted by Gasteiger charge is -2.31. The van der Waals surface area contributed by atoms with Crippen LogP contribution in [0.5, 0.6) is 11.5 Å². The van der Waals surface area contributed by atoms with E-state index in [1.165, 1.54) is 87.5 Å². The highest BCUT2D eigenvalue weighted by Gasteiger charge is 2.64. The van der Waals surface area contributed by atoms with E-state index in [1.54, 1.807) is 116 Å². The van der Waals surface area contributed by atoms with E-state index in [4.69, 9.17) is 67.5 Å². The maximum atomic E-state index is 14.4. The number of aliphatic hydroxyl groups is 2. The van der Waals surface area contributed by atoms with E-state index in [9.17, 15) is 58.6 Å². The van der Waals surface area contributed by atoms with E-state index in [-0.39, 0.29) is 47.7 Å². The lowest BCUT2D eigenvalue weighted by Crippen LogP contribution is -2.50. The van der Waals surface area contributed by atoms with Crippen LogP contribution in [0.2, 0.25) is 0 Å². The molecule has 0 unspecified atom stereocenters. The Balaban J connectivity index is 0.000000286. The van der Waals surface area contributed by atoms with E-state index in [2.05, 4.69) is 30.3 Å². The number of nitrogens with zero attached hydrogens (tertiary/aromatic N) is 8. The molecule has 0 spiro atoms. The van der Waals surface area contributed by atoms with Gasteiger partial charge in [0.15, 0.2) is 36.1 Å². The van der Waals surface area contributed by atoms with Gasteiger partial charge >= 0.3 is 51.3 Å². The summed E-state index contributed by atoms with van der Waals surface area (Å²) in [5, 5.41) is 55.1. The van der Waals surface area contributed by atoms with Crippen LogP contribution in [-0.2, 0) is 84.8 Å². The van der Waals surface area contributed by atoms with Crippen LogP contribution in [0.15, 0.2) is 97.6 Å². The number of benzene rings is 2. The molecule has 6 heterocycles. The number of ether oxygens (including phenoxy) is 8. The summed E-state index contributed by atoms with van der Waals surface area (Å²) in [6, 6.07) is 23.4. The molecule has 4 aromatic heterocycles. The van der Waals surface area contributed by atoms with E-state index >= 15 is 0 Å². The molecule has 2 aliphatic heterocycles. The largest absolute Gasteiger partial charge is 0.461 e. The number of nitrogen functional groups attached to an aromatic ring is 2. The van der Waals surface area contributed by atoms with Gasteiger partial charge in [-0.05, 0) is 90.1 Å². The molecule has 8 rings (SSSR count). The zero-order valence-corrected chi connectivity index (χ0v) is 60.5. The highest BCUT2D eigenvalue weighted by Crippen LogP contribution is 2.52. The van der Waals surface area contributed by atoms with Crippen molar-refractivity contribution >= 4 is 74.0 Å². The Morgan fingerprint density at radius 1 is 0.539 bits per heavy atom. The third-order valence-corrected chi connectivity index (χ3v) is 18.3. The molecule has 2 fully saturated rings. The lowest BCUT2D eigenvalue weighted by atomic mass is 9.95. The van der Waals surface area contributed by atoms with Crippen LogP contribution in [0.25, 0.3) is 11.0 Å². The average Bonchev–Trinajstić information content (AvgIpc) is 1.59. The van der Waals surface area contributed by atoms with E-state index in [0.717, 1.165) is 0 Å². The number of nitriles is 2. The number of aromatic nitrogens is 6. The number of para-hydroxylation sites is 2. The number of carbonyl (C=O) groups excluding carboxylic acids is 6. The molecule has 102 heavy (non-hydrogen) atoms. The highest BCUT2D eigenvalue weighted by atomic mass is 31.2. The number of anilines is 2. The predicted octanol–water partition coefficient (Wildman–Crippen LogP) is 6.55. The summed E-state index contributed by atoms with van der Waals surface area (Å²) in [5.74, 6) is -6.93. The monoisotopic (exact) mass is 1460 g/mol. The Morgan fingerprint density at radius 3 is 1.17 bits per heavy atom. The number of fused-ring (bicyclic) bond motifs is 2. The normalized spacial score (nSPS) is 22.3. The molecule has 36 heteroatoms. The van der Waals surface area contributed by atoms with E-state index in [1.807, 2.05) is 12.1 Å². The molecule has 12 atom stereocenters. The molecule has 2 saturated heterocycles. The summed E-state index contributed by atoms with van der Waals surface area (Å²) in [7, 11) is -9.25. The molecule has 2 aliphatic rings. The highest BCUT2D eigenvalue weighted by molar-refractivity contribution is 7.52. The van der Waals surface area contributed by atoms with Gasteiger partial charge in [0.2, 0.25) is 11.2 Å². The van der Waals surface area contributed by atoms with Crippen molar-refractivity contribution in [1.82, 2.24) is 39.4 Å². The minimum atomic E-state index is -4.63. The van der Waals surface area contributed by atoms with Gasteiger partial charge in [-0.3, -0.25) is 37.8 Å². The summed E-state index contributed by atoms with van der Waals surface area (Å²) in [6.07, 6.45) is -6.40. The van der Waals surface area contributed by atoms with Crippen LogP contribution in [0.1, 0.15) is 121 Å². The SMILES string of the molecule is CC(C)C(=O)O[C@H]1[C@H](c2ccc3c(N)ncnn23)O[C@](C#N)(CO[P@@](=O)(N[C@@H](C)C(=O)OCC(C)(C)O)Oc2ccccc2)[C@H]1OC(=O)C(C)C.CC(C)C(=O)O[C@H]1[C@H](c2ccc3c(N)ncnn23)O[C@](C#N)(CO[P@](=O)(N[C@@H](C)C(=O)OCC(C)(C)O)Oc2ccccc2)[C@H]1OC(=O)C(C)C. The number of rotatable bonds is 30. The zero-order valence-electron chi connectivity index (χ0n) is 58.7. The van der Waals surface area contributed by atoms with Gasteiger partial charge in [0.25, 0.3) is 0 Å². The number of hydrogen-bond donors (Lipinski definition) is 6. The second-order valence-corrected chi connectivity index (χ2v) is 29.9. The minimum absolute atomic E-state index is 0.0741. The third kappa shape index (κ3) is 20.1. The molecule has 0 amide bonds. The molecular weight excluding hydrogens is 1370 g/mol. The molecule has 6 aromatic rings. The minimum Gasteiger partial charge on any atom is -0.461 e. The Hall–Kier alpha value is -9.18. The molecule has 8 N–H and O–H groups in total. The van der Waals surface area contributed by atoms with Gasteiger partial charge in [-0.2, -0.15) is 30.9 Å². The van der Waals surface area contributed by atoms with Gasteiger partial charge in [-0.1, -0.05) is 91.8 Å². The van der Waals surface area contributed by atoms with Crippen LogP contribution in [0.3, 0.4) is 0 Å². The van der Waals surface area contributed by atoms with Crippen molar-refractivity contribution in [3.63, 3.8) is 0 Å². The van der Waals surface area contributed by atoms with Crippen LogP contribution >= 0.6 is 15.5 Å². The molecule has 0 saturated carbocycles. The van der Waals surface area contributed by atoms with Gasteiger partial charge < -0.3 is 68.6 Å². The third-order valence-electron chi connectivity index (χ3n) is 15.0. The topological polar surface area (TPSA) is 472 Å². The summed E-state index contributed by atoms with van der Waals surface area (Å²) in [6.45, 7) is 18.6. The summed E-state index contributed by atoms with van der Waals surface area (Å²) in [5.41, 5.74) is 6.11. The molecule has 552 valence electrons. The fourth-order valence-corrected chi connectivity index (χ4v) is 12.7. The van der Waals surface area contributed by atoms with Crippen LogP contribution in [-0.4, -0.2) is 161 Å². The molecule has 0 bridgehead atoms. The second-order valence-electron chi connectivity index (χ2n) is 26.5. The van der Waals surface area contributed by atoms with Gasteiger partial charge in [0.1, 0.15) is 98.0 Å². The Labute approximate surface area is 587 Å². The maximum Gasteiger partial charge on any atom is 0.459 e. The average molecular weight is 1460 g/mol. The molecular formula is C66H86N12O22P2. The van der Waals surface area contributed by atoms with Crippen molar-refractivity contribution in [2.45, 2.75) is 168 Å². The number of esters is 6. The van der Waals surface area contributed by atoms with Crippen molar-refractivity contribution in [3.8, 4) is 23.6 Å². The number of nitrogens with one attached hydrogen (secondary N) is 2. The number of hydrogen-bond acceptors (Lipinski definition) is 30. The first-order valence-electron chi connectivity index (χ1n) is 32.3. The molecule has 2 aromatic carbocycles. The van der Waals surface area contributed by atoms with Crippen LogP contribution in [0, 0.1) is 46.3 Å². The summed E-state index contributed by atoms with van der Waals surface area (Å²) < 4.78 is 101. The van der Waals surface area contributed by atoms with Gasteiger partial charge in [-0.25, -0.2) is 28.1 Å².